The summed E-state index contributed by atoms with van der Waals surface area (Å²) in [4.78, 5) is 32.4. The number of nitrogens with zero attached hydrogens (tertiary/aromatic N) is 2. The molecule has 6 fully saturated rings. The summed E-state index contributed by atoms with van der Waals surface area (Å²) in [7, 11) is 8.83. The van der Waals surface area contributed by atoms with E-state index in [4.69, 9.17) is 18.9 Å². The molecule has 1 heterocycles. The monoisotopic (exact) mass is 689 g/mol. The van der Waals surface area contributed by atoms with Crippen LogP contribution < -0.4 is 10.2 Å². The fourth-order valence-corrected chi connectivity index (χ4v) is 12.7. The topological polar surface area (TPSA) is 130 Å². The Kier molecular flexibility index (Phi) is 7.99. The van der Waals surface area contributed by atoms with Crippen LogP contribution in [0, 0.1) is 29.1 Å². The molecule has 6 aliphatic rings. The van der Waals surface area contributed by atoms with Crippen molar-refractivity contribution in [2.45, 2.75) is 80.2 Å². The number of piperidine rings is 1. The Morgan fingerprint density at radius 2 is 1.68 bits per heavy atom. The van der Waals surface area contributed by atoms with Crippen molar-refractivity contribution in [3.05, 3.63) is 59.7 Å². The third kappa shape index (κ3) is 4.13. The average Bonchev–Trinajstić information content (AvgIpc) is 3.54. The first kappa shape index (κ1) is 34.0. The first-order valence-corrected chi connectivity index (χ1v) is 18.1. The molecule has 2 aromatic rings. The minimum absolute atomic E-state index is 0.0694. The van der Waals surface area contributed by atoms with Gasteiger partial charge in [0.05, 0.1) is 35.1 Å². The quantitative estimate of drug-likeness (QED) is 0.336. The molecule has 1 aliphatic heterocycles. The van der Waals surface area contributed by atoms with Crippen molar-refractivity contribution in [3.63, 3.8) is 0 Å². The van der Waals surface area contributed by atoms with Gasteiger partial charge in [0.1, 0.15) is 16.8 Å². The molecule has 1 amide bonds. The number of ether oxygens (including phenoxy) is 4. The Morgan fingerprint density at radius 3 is 2.36 bits per heavy atom. The highest BCUT2D eigenvalue weighted by atomic mass is 16.6. The molecule has 3 N–H and O–H groups in total. The molecule has 11 nitrogen and oxygen atoms in total. The van der Waals surface area contributed by atoms with Crippen molar-refractivity contribution < 1.29 is 38.7 Å². The smallest absolute Gasteiger partial charge is 0.340 e. The van der Waals surface area contributed by atoms with Crippen molar-refractivity contribution in [2.75, 3.05) is 58.7 Å². The van der Waals surface area contributed by atoms with E-state index in [0.717, 1.165) is 5.69 Å². The van der Waals surface area contributed by atoms with Gasteiger partial charge in [-0.25, -0.2) is 4.79 Å². The van der Waals surface area contributed by atoms with Crippen LogP contribution in [0.4, 0.5) is 11.4 Å². The first-order chi connectivity index (χ1) is 24.0. The molecule has 270 valence electrons. The summed E-state index contributed by atoms with van der Waals surface area (Å²) in [5, 5.41) is 29.0. The second-order valence-corrected chi connectivity index (χ2v) is 15.9. The standard InChI is InChI=1S/C39H51N3O8/c1-7-42-21-36(50-35(44)22-12-8-10-14-26(22)40-34(43)23-13-9-11-15-27(23)41(2)3)17-16-31(48-5)38-29(36)19-25(32(38)42)37(45)20-28(47-4)24-18-30(38)39(37,46)33(24)49-6/h8-15,24-25,28-33,45-46H,7,16-21H2,1-6H3,(H,40,43)/t24-,25+,28+,29-,30+,31+,32?,33+,36-,37+,38+,39+/m1/s1. The van der Waals surface area contributed by atoms with Crippen LogP contribution in [0.15, 0.2) is 48.5 Å². The van der Waals surface area contributed by atoms with Crippen LogP contribution in [0.3, 0.4) is 0 Å². The molecule has 5 aliphatic carbocycles. The number of benzene rings is 2. The van der Waals surface area contributed by atoms with E-state index in [1.807, 2.05) is 37.2 Å². The third-order valence-electron chi connectivity index (χ3n) is 14.2. The van der Waals surface area contributed by atoms with Crippen LogP contribution in [0.1, 0.15) is 59.7 Å². The molecular formula is C39H51N3O8. The summed E-state index contributed by atoms with van der Waals surface area (Å²) >= 11 is 0. The van der Waals surface area contributed by atoms with Crippen LogP contribution in [0.5, 0.6) is 0 Å². The van der Waals surface area contributed by atoms with Crippen molar-refractivity contribution in [1.82, 2.24) is 4.90 Å². The zero-order valence-corrected chi connectivity index (χ0v) is 29.9. The summed E-state index contributed by atoms with van der Waals surface area (Å²) in [5.74, 6) is -1.73. The van der Waals surface area contributed by atoms with Crippen LogP contribution in [0.2, 0.25) is 0 Å². The second kappa shape index (κ2) is 11.7. The molecule has 1 saturated heterocycles. The molecular weight excluding hydrogens is 638 g/mol. The van der Waals surface area contributed by atoms with Gasteiger partial charge in [0.2, 0.25) is 0 Å². The summed E-state index contributed by atoms with van der Waals surface area (Å²) < 4.78 is 25.4. The molecule has 2 aromatic carbocycles. The molecule has 7 bridgehead atoms. The lowest BCUT2D eigenvalue weighted by Crippen LogP contribution is -2.83. The number of aliphatic hydroxyl groups is 2. The number of fused-ring (bicyclic) bond motifs is 2. The van der Waals surface area contributed by atoms with Crippen LogP contribution in [-0.4, -0.2) is 117 Å². The van der Waals surface area contributed by atoms with E-state index in [1.54, 1.807) is 51.7 Å². The van der Waals surface area contributed by atoms with Crippen LogP contribution >= 0.6 is 0 Å². The van der Waals surface area contributed by atoms with E-state index in [1.165, 1.54) is 0 Å². The Morgan fingerprint density at radius 1 is 0.960 bits per heavy atom. The number of likely N-dealkylation sites (N-methyl/N-ethyl adjacent to an activating group) is 1. The number of anilines is 2. The Bertz CT molecular complexity index is 1690. The summed E-state index contributed by atoms with van der Waals surface area (Å²) in [5.41, 5.74) is -2.52. The van der Waals surface area contributed by atoms with Gasteiger partial charge < -0.3 is 39.4 Å². The highest BCUT2D eigenvalue weighted by Crippen LogP contribution is 2.79. The third-order valence-corrected chi connectivity index (χ3v) is 14.2. The van der Waals surface area contributed by atoms with Gasteiger partial charge in [0, 0.05) is 89.2 Å². The molecule has 0 aromatic heterocycles. The zero-order valence-electron chi connectivity index (χ0n) is 29.9. The molecule has 12 atom stereocenters. The maximum atomic E-state index is 14.5. The summed E-state index contributed by atoms with van der Waals surface area (Å²) in [6, 6.07) is 14.3. The summed E-state index contributed by atoms with van der Waals surface area (Å²) in [6.45, 7) is 3.33. The van der Waals surface area contributed by atoms with E-state index in [2.05, 4.69) is 17.1 Å². The minimum Gasteiger partial charge on any atom is -0.454 e. The van der Waals surface area contributed by atoms with Crippen molar-refractivity contribution >= 4 is 23.3 Å². The van der Waals surface area contributed by atoms with Crippen molar-refractivity contribution in [1.29, 1.82) is 0 Å². The maximum Gasteiger partial charge on any atom is 0.340 e. The predicted molar refractivity (Wildman–Crippen MR) is 186 cm³/mol. The number of hydrogen-bond acceptors (Lipinski definition) is 10. The van der Waals surface area contributed by atoms with E-state index in [9.17, 15) is 19.8 Å². The van der Waals surface area contributed by atoms with E-state index < -0.39 is 34.3 Å². The van der Waals surface area contributed by atoms with Gasteiger partial charge in [0.25, 0.3) is 5.91 Å². The maximum absolute atomic E-state index is 14.5. The lowest BCUT2D eigenvalue weighted by molar-refractivity contribution is -0.337. The molecule has 8 rings (SSSR count). The highest BCUT2D eigenvalue weighted by molar-refractivity contribution is 6.10. The van der Waals surface area contributed by atoms with Gasteiger partial charge in [-0.1, -0.05) is 31.2 Å². The first-order valence-electron chi connectivity index (χ1n) is 18.1. The largest absolute Gasteiger partial charge is 0.454 e. The lowest BCUT2D eigenvalue weighted by Gasteiger charge is -2.70. The highest BCUT2D eigenvalue weighted by Gasteiger charge is 2.89. The predicted octanol–water partition coefficient (Wildman–Crippen LogP) is 3.58. The molecule has 5 saturated carbocycles. The number of rotatable bonds is 9. The SMILES string of the molecule is CCN1C[C@]2(OC(=O)c3ccccc3NC(=O)c3ccccc3N(C)C)CC[C@H](OC)[C@]34C1[C@H](C[C@H]23)[C@@]1(O)C[C@H](OC)[C@H]2C[C@@H]4[C@]1(O)[C@H]2OC. The van der Waals surface area contributed by atoms with E-state index >= 15 is 0 Å². The number of esters is 1. The minimum atomic E-state index is -1.50. The number of hydrogen-bond donors (Lipinski definition) is 3. The van der Waals surface area contributed by atoms with E-state index in [-0.39, 0.29) is 53.4 Å². The zero-order chi connectivity index (χ0) is 35.4. The fraction of sp³-hybridized carbons (Fsp3) is 0.641. The fourth-order valence-electron chi connectivity index (χ4n) is 12.7. The number of para-hydroxylation sites is 2. The average molecular weight is 690 g/mol. The van der Waals surface area contributed by atoms with Crippen molar-refractivity contribution in [2.24, 2.45) is 29.1 Å². The van der Waals surface area contributed by atoms with Gasteiger partial charge in [-0.05, 0) is 56.5 Å². The number of likely N-dealkylation sites (tertiary alicyclic amines) is 1. The second-order valence-electron chi connectivity index (χ2n) is 15.9. The van der Waals surface area contributed by atoms with Gasteiger partial charge in [0.15, 0.2) is 0 Å². The molecule has 0 radical (unpaired) electrons. The van der Waals surface area contributed by atoms with Crippen LogP contribution in [-0.2, 0) is 18.9 Å². The Labute approximate surface area is 294 Å². The number of methoxy groups -OCH3 is 3. The van der Waals surface area contributed by atoms with E-state index in [0.29, 0.717) is 56.4 Å². The number of amides is 1. The van der Waals surface area contributed by atoms with Gasteiger partial charge in [-0.2, -0.15) is 0 Å². The van der Waals surface area contributed by atoms with Crippen LogP contribution in [0.25, 0.3) is 0 Å². The number of carbonyl (C=O) groups excluding carboxylic acids is 2. The van der Waals surface area contributed by atoms with Gasteiger partial charge in [-0.15, -0.1) is 0 Å². The lowest BCUT2D eigenvalue weighted by atomic mass is 9.44. The number of carbonyl (C=O) groups is 2. The van der Waals surface area contributed by atoms with Gasteiger partial charge >= 0.3 is 5.97 Å². The normalized spacial score (nSPS) is 42.2. The Hall–Kier alpha value is -3.06. The van der Waals surface area contributed by atoms with Gasteiger partial charge in [-0.3, -0.25) is 9.69 Å². The molecule has 50 heavy (non-hydrogen) atoms. The Balaban J connectivity index is 1.19. The van der Waals surface area contributed by atoms with Crippen molar-refractivity contribution in [3.8, 4) is 0 Å². The summed E-state index contributed by atoms with van der Waals surface area (Å²) in [6.07, 6.45) is 1.74. The molecule has 1 spiro atoms. The number of nitrogens with one attached hydrogen (secondary N) is 1. The molecule has 11 heteroatoms. The molecule has 1 unspecified atom stereocenters.